The summed E-state index contributed by atoms with van der Waals surface area (Å²) in [4.78, 5) is 38.0. The van der Waals surface area contributed by atoms with Crippen molar-refractivity contribution in [3.05, 3.63) is 60.0 Å². The Labute approximate surface area is 175 Å². The zero-order chi connectivity index (χ0) is 21.3. The van der Waals surface area contributed by atoms with Gasteiger partial charge in [0.15, 0.2) is 5.65 Å². The zero-order valence-corrected chi connectivity index (χ0v) is 17.4. The number of likely N-dealkylation sites (tertiary alicyclic amines) is 1. The molecule has 1 aromatic carbocycles. The van der Waals surface area contributed by atoms with Crippen molar-refractivity contribution in [3.8, 4) is 0 Å². The van der Waals surface area contributed by atoms with Crippen LogP contribution in [0.1, 0.15) is 22.3 Å². The Hall–Kier alpha value is -3.26. The van der Waals surface area contributed by atoms with Crippen LogP contribution in [0.2, 0.25) is 0 Å². The predicted molar refractivity (Wildman–Crippen MR) is 112 cm³/mol. The van der Waals surface area contributed by atoms with Gasteiger partial charge in [0.25, 0.3) is 5.91 Å². The molecule has 8 heteroatoms. The Morgan fingerprint density at radius 1 is 1.20 bits per heavy atom. The van der Waals surface area contributed by atoms with Crippen molar-refractivity contribution in [3.63, 3.8) is 0 Å². The number of imidazole rings is 1. The first kappa shape index (κ1) is 20.0. The third kappa shape index (κ3) is 3.78. The van der Waals surface area contributed by atoms with Crippen LogP contribution in [-0.2, 0) is 16.1 Å². The summed E-state index contributed by atoms with van der Waals surface area (Å²) in [5.41, 5.74) is 2.93. The van der Waals surface area contributed by atoms with Crippen molar-refractivity contribution in [2.24, 2.45) is 0 Å². The molecule has 0 saturated carbocycles. The summed E-state index contributed by atoms with van der Waals surface area (Å²) in [6.45, 7) is 1.12. The van der Waals surface area contributed by atoms with Gasteiger partial charge in [0.2, 0.25) is 0 Å². The molecule has 0 spiro atoms. The Morgan fingerprint density at radius 2 is 1.97 bits per heavy atom. The maximum absolute atomic E-state index is 13.2. The number of rotatable bonds is 5. The summed E-state index contributed by atoms with van der Waals surface area (Å²) < 4.78 is 6.88. The molecule has 30 heavy (non-hydrogen) atoms. The molecule has 2 atom stereocenters. The largest absolute Gasteiger partial charge is 0.467 e. The van der Waals surface area contributed by atoms with Gasteiger partial charge < -0.3 is 19.1 Å². The Bertz CT molecular complexity index is 1060. The van der Waals surface area contributed by atoms with E-state index in [0.717, 1.165) is 5.56 Å². The summed E-state index contributed by atoms with van der Waals surface area (Å²) in [5.74, 6) is -0.629. The lowest BCUT2D eigenvalue weighted by Gasteiger charge is -2.23. The number of nitrogens with zero attached hydrogens (tertiary/aromatic N) is 5. The lowest BCUT2D eigenvalue weighted by atomic mass is 10.1. The number of likely N-dealkylation sites (N-methyl/N-ethyl adjacent to an activating group) is 1. The van der Waals surface area contributed by atoms with Crippen LogP contribution < -0.4 is 0 Å². The molecule has 8 nitrogen and oxygen atoms in total. The molecule has 0 N–H and O–H groups in total. The number of methoxy groups -OCH3 is 1. The van der Waals surface area contributed by atoms with E-state index in [9.17, 15) is 9.59 Å². The van der Waals surface area contributed by atoms with E-state index < -0.39 is 12.0 Å². The monoisotopic (exact) mass is 407 g/mol. The minimum Gasteiger partial charge on any atom is -0.467 e. The molecule has 1 aliphatic heterocycles. The second-order valence-electron chi connectivity index (χ2n) is 7.77. The number of hydrogen-bond acceptors (Lipinski definition) is 6. The van der Waals surface area contributed by atoms with Crippen LogP contribution in [0.3, 0.4) is 0 Å². The predicted octanol–water partition coefficient (Wildman–Crippen LogP) is 1.80. The average molecular weight is 407 g/mol. The fourth-order valence-electron chi connectivity index (χ4n) is 3.90. The molecule has 3 aromatic rings. The second-order valence-corrected chi connectivity index (χ2v) is 7.77. The third-order valence-corrected chi connectivity index (χ3v) is 5.64. The maximum atomic E-state index is 13.2. The van der Waals surface area contributed by atoms with Crippen LogP contribution in [-0.4, -0.2) is 76.0 Å². The van der Waals surface area contributed by atoms with Gasteiger partial charge in [-0.2, -0.15) is 0 Å². The standard InChI is InChI=1S/C22H25N5O3/c1-25(2)17-10-19(22(29)30-3)27(13-17)21(28)16-9-18-20(23-11-16)26(14-24-18)12-15-7-5-4-6-8-15/h4-9,11,14,17,19H,10,12-13H2,1-3H3/t17-,19+/m1/s1. The molecule has 1 amide bonds. The number of hydrogen-bond donors (Lipinski definition) is 0. The first-order chi connectivity index (χ1) is 14.5. The van der Waals surface area contributed by atoms with E-state index in [1.165, 1.54) is 7.11 Å². The number of carbonyl (C=O) groups is 2. The van der Waals surface area contributed by atoms with E-state index in [1.54, 1.807) is 23.5 Å². The Kier molecular flexibility index (Phi) is 5.50. The van der Waals surface area contributed by atoms with Crippen LogP contribution >= 0.6 is 0 Å². The van der Waals surface area contributed by atoms with Crippen molar-refractivity contribution in [1.29, 1.82) is 0 Å². The highest BCUT2D eigenvalue weighted by molar-refractivity contribution is 5.98. The topological polar surface area (TPSA) is 80.6 Å². The van der Waals surface area contributed by atoms with Gasteiger partial charge >= 0.3 is 5.97 Å². The number of esters is 1. The number of pyridine rings is 1. The third-order valence-electron chi connectivity index (χ3n) is 5.64. The average Bonchev–Trinajstić information content (AvgIpc) is 3.38. The molecule has 156 valence electrons. The number of aromatic nitrogens is 3. The number of carbonyl (C=O) groups excluding carboxylic acids is 2. The van der Waals surface area contributed by atoms with Crippen LogP contribution in [0.25, 0.3) is 11.2 Å². The number of benzene rings is 1. The molecule has 1 aliphatic rings. The van der Waals surface area contributed by atoms with E-state index in [2.05, 4.69) is 9.97 Å². The highest BCUT2D eigenvalue weighted by Crippen LogP contribution is 2.25. The van der Waals surface area contributed by atoms with Crippen LogP contribution in [0, 0.1) is 0 Å². The lowest BCUT2D eigenvalue weighted by Crippen LogP contribution is -2.41. The summed E-state index contributed by atoms with van der Waals surface area (Å²) in [7, 11) is 5.24. The lowest BCUT2D eigenvalue weighted by molar-refractivity contribution is -0.145. The van der Waals surface area contributed by atoms with Crippen molar-refractivity contribution in [2.45, 2.75) is 25.0 Å². The van der Waals surface area contributed by atoms with Gasteiger partial charge in [0.05, 0.1) is 25.5 Å². The fourth-order valence-corrected chi connectivity index (χ4v) is 3.90. The molecule has 3 heterocycles. The van der Waals surface area contributed by atoms with Crippen LogP contribution in [0.15, 0.2) is 48.9 Å². The van der Waals surface area contributed by atoms with Gasteiger partial charge in [-0.3, -0.25) is 4.79 Å². The van der Waals surface area contributed by atoms with E-state index in [-0.39, 0.29) is 11.9 Å². The van der Waals surface area contributed by atoms with E-state index in [1.807, 2.05) is 53.9 Å². The van der Waals surface area contributed by atoms with Crippen molar-refractivity contribution in [2.75, 3.05) is 27.7 Å². The molecule has 1 fully saturated rings. The summed E-state index contributed by atoms with van der Waals surface area (Å²) in [6.07, 6.45) is 3.84. The summed E-state index contributed by atoms with van der Waals surface area (Å²) in [5, 5.41) is 0. The molecule has 0 bridgehead atoms. The van der Waals surface area contributed by atoms with Crippen LogP contribution in [0.5, 0.6) is 0 Å². The smallest absolute Gasteiger partial charge is 0.328 e. The van der Waals surface area contributed by atoms with Gasteiger partial charge in [-0.15, -0.1) is 0 Å². The van der Waals surface area contributed by atoms with Gasteiger partial charge in [0, 0.05) is 18.8 Å². The quantitative estimate of drug-likeness (QED) is 0.600. The first-order valence-electron chi connectivity index (χ1n) is 9.88. The Morgan fingerprint density at radius 3 is 2.67 bits per heavy atom. The Balaban J connectivity index is 1.59. The maximum Gasteiger partial charge on any atom is 0.328 e. The number of amides is 1. The van der Waals surface area contributed by atoms with Gasteiger partial charge in [-0.1, -0.05) is 30.3 Å². The van der Waals surface area contributed by atoms with Gasteiger partial charge in [-0.25, -0.2) is 14.8 Å². The van der Waals surface area contributed by atoms with E-state index >= 15 is 0 Å². The highest BCUT2D eigenvalue weighted by Gasteiger charge is 2.41. The van der Waals surface area contributed by atoms with Crippen molar-refractivity contribution >= 4 is 23.0 Å². The molecular weight excluding hydrogens is 382 g/mol. The number of ether oxygens (including phenoxy) is 1. The van der Waals surface area contributed by atoms with Gasteiger partial charge in [0.1, 0.15) is 11.6 Å². The summed E-state index contributed by atoms with van der Waals surface area (Å²) >= 11 is 0. The summed E-state index contributed by atoms with van der Waals surface area (Å²) in [6, 6.07) is 11.3. The molecule has 0 radical (unpaired) electrons. The highest BCUT2D eigenvalue weighted by atomic mass is 16.5. The fraction of sp³-hybridized carbons (Fsp3) is 0.364. The number of fused-ring (bicyclic) bond motifs is 1. The molecule has 0 unspecified atom stereocenters. The molecular formula is C22H25N5O3. The SMILES string of the molecule is COC(=O)[C@@H]1C[C@@H](N(C)C)CN1C(=O)c1cnc2c(c1)ncn2Cc1ccccc1. The zero-order valence-electron chi connectivity index (χ0n) is 17.4. The molecule has 2 aromatic heterocycles. The minimum atomic E-state index is -0.596. The first-order valence-corrected chi connectivity index (χ1v) is 9.88. The van der Waals surface area contributed by atoms with E-state index in [0.29, 0.717) is 36.2 Å². The van der Waals surface area contributed by atoms with E-state index in [4.69, 9.17) is 4.74 Å². The molecule has 4 rings (SSSR count). The van der Waals surface area contributed by atoms with Gasteiger partial charge in [-0.05, 0) is 32.1 Å². The molecule has 0 aliphatic carbocycles. The normalized spacial score (nSPS) is 18.9. The van der Waals surface area contributed by atoms with Crippen LogP contribution in [0.4, 0.5) is 0 Å². The second kappa shape index (κ2) is 8.23. The van der Waals surface area contributed by atoms with Crippen molar-refractivity contribution < 1.29 is 14.3 Å². The molecule has 1 saturated heterocycles. The minimum absolute atomic E-state index is 0.0971. The van der Waals surface area contributed by atoms with Crippen molar-refractivity contribution in [1.82, 2.24) is 24.3 Å².